The largest absolute Gasteiger partial charge is 0.350 e. The van der Waals surface area contributed by atoms with Crippen LogP contribution in [0.4, 0.5) is 5.69 Å². The highest BCUT2D eigenvalue weighted by molar-refractivity contribution is 7.92. The molecule has 8 nitrogen and oxygen atoms in total. The fourth-order valence-electron chi connectivity index (χ4n) is 4.72. The van der Waals surface area contributed by atoms with Crippen molar-refractivity contribution in [2.75, 3.05) is 17.8 Å². The van der Waals surface area contributed by atoms with Gasteiger partial charge in [0.1, 0.15) is 4.90 Å². The molecular formula is C30H32N4O4S. The number of likely N-dealkylation sites (tertiary alicyclic amines) is 1. The molecule has 9 heteroatoms. The summed E-state index contributed by atoms with van der Waals surface area (Å²) in [5.41, 5.74) is 3.16. The van der Waals surface area contributed by atoms with Crippen molar-refractivity contribution >= 4 is 27.5 Å². The van der Waals surface area contributed by atoms with Crippen molar-refractivity contribution in [3.8, 4) is 6.07 Å². The maximum Gasteiger partial charge on any atom is 0.262 e. The first-order valence-corrected chi connectivity index (χ1v) is 14.4. The highest BCUT2D eigenvalue weighted by Gasteiger charge is 2.26. The average Bonchev–Trinajstić information content (AvgIpc) is 2.93. The number of rotatable bonds is 7. The number of nitriles is 1. The van der Waals surface area contributed by atoms with E-state index in [1.807, 2.05) is 24.3 Å². The molecule has 0 unspecified atom stereocenters. The molecule has 0 aliphatic carbocycles. The Labute approximate surface area is 229 Å². The molecule has 0 aromatic heterocycles. The molecule has 1 aliphatic heterocycles. The van der Waals surface area contributed by atoms with Crippen molar-refractivity contribution in [2.24, 2.45) is 0 Å². The van der Waals surface area contributed by atoms with Gasteiger partial charge in [0, 0.05) is 24.7 Å². The summed E-state index contributed by atoms with van der Waals surface area (Å²) in [5.74, 6) is -0.323. The van der Waals surface area contributed by atoms with E-state index in [0.29, 0.717) is 35.7 Å². The first-order valence-electron chi connectivity index (χ1n) is 12.9. The summed E-state index contributed by atoms with van der Waals surface area (Å²) < 4.78 is 29.3. The number of nitrogens with zero attached hydrogens (tertiary/aromatic N) is 2. The number of amides is 2. The van der Waals surface area contributed by atoms with E-state index in [9.17, 15) is 18.0 Å². The molecule has 1 saturated heterocycles. The van der Waals surface area contributed by atoms with Gasteiger partial charge in [-0.1, -0.05) is 30.3 Å². The van der Waals surface area contributed by atoms with E-state index >= 15 is 0 Å². The van der Waals surface area contributed by atoms with Gasteiger partial charge >= 0.3 is 0 Å². The first kappa shape index (κ1) is 27.9. The molecule has 1 fully saturated rings. The summed E-state index contributed by atoms with van der Waals surface area (Å²) in [7, 11) is -4.11. The maximum absolute atomic E-state index is 13.4. The minimum atomic E-state index is -4.11. The van der Waals surface area contributed by atoms with Crippen LogP contribution >= 0.6 is 0 Å². The monoisotopic (exact) mass is 544 g/mol. The Morgan fingerprint density at radius 1 is 1.00 bits per heavy atom. The number of carbonyl (C=O) groups excluding carboxylic acids is 2. The Morgan fingerprint density at radius 3 is 2.31 bits per heavy atom. The molecule has 2 amide bonds. The number of piperidine rings is 1. The van der Waals surface area contributed by atoms with E-state index < -0.39 is 15.9 Å². The van der Waals surface area contributed by atoms with E-state index in [0.717, 1.165) is 18.4 Å². The lowest BCUT2D eigenvalue weighted by molar-refractivity contribution is 0.0712. The van der Waals surface area contributed by atoms with E-state index in [1.165, 1.54) is 12.1 Å². The lowest BCUT2D eigenvalue weighted by atomic mass is 9.89. The van der Waals surface area contributed by atoms with Gasteiger partial charge in [0.2, 0.25) is 0 Å². The molecule has 202 valence electrons. The topological polar surface area (TPSA) is 119 Å². The van der Waals surface area contributed by atoms with Crippen LogP contribution in [0.3, 0.4) is 0 Å². The number of anilines is 1. The molecule has 2 N–H and O–H groups in total. The van der Waals surface area contributed by atoms with Gasteiger partial charge in [0.15, 0.2) is 0 Å². The summed E-state index contributed by atoms with van der Waals surface area (Å²) in [5, 5.41) is 11.7. The minimum Gasteiger partial charge on any atom is -0.350 e. The van der Waals surface area contributed by atoms with Crippen molar-refractivity contribution < 1.29 is 18.0 Å². The van der Waals surface area contributed by atoms with Gasteiger partial charge in [-0.05, 0) is 87.1 Å². The van der Waals surface area contributed by atoms with Gasteiger partial charge in [-0.15, -0.1) is 0 Å². The molecule has 0 bridgehead atoms. The predicted molar refractivity (Wildman–Crippen MR) is 150 cm³/mol. The molecule has 0 atom stereocenters. The van der Waals surface area contributed by atoms with Crippen LogP contribution < -0.4 is 10.0 Å². The van der Waals surface area contributed by atoms with Gasteiger partial charge in [0.05, 0.1) is 22.9 Å². The highest BCUT2D eigenvalue weighted by Crippen LogP contribution is 2.30. The molecule has 39 heavy (non-hydrogen) atoms. The number of hydrogen-bond acceptors (Lipinski definition) is 5. The van der Waals surface area contributed by atoms with Crippen molar-refractivity contribution in [1.82, 2.24) is 10.2 Å². The number of nitrogens with one attached hydrogen (secondary N) is 2. The SMILES string of the molecule is Cc1ccc(C(=O)N2CCC(c3ccc(C#N)cc3)CC2)cc1NS(=O)(=O)c1ccccc1C(=O)NC(C)C. The first-order chi connectivity index (χ1) is 18.6. The van der Waals surface area contributed by atoms with E-state index in [4.69, 9.17) is 5.26 Å². The third-order valence-corrected chi connectivity index (χ3v) is 8.29. The third kappa shape index (κ3) is 6.47. The normalized spacial score (nSPS) is 14.1. The summed E-state index contributed by atoms with van der Waals surface area (Å²) in [4.78, 5) is 27.6. The Bertz CT molecular complexity index is 1520. The summed E-state index contributed by atoms with van der Waals surface area (Å²) in [6.45, 7) is 6.52. The van der Waals surface area contributed by atoms with Gasteiger partial charge in [0.25, 0.3) is 21.8 Å². The molecule has 0 saturated carbocycles. The Balaban J connectivity index is 1.49. The van der Waals surface area contributed by atoms with Crippen LogP contribution in [-0.4, -0.2) is 44.3 Å². The fraction of sp³-hybridized carbons (Fsp3) is 0.300. The van der Waals surface area contributed by atoms with Gasteiger partial charge in [-0.2, -0.15) is 5.26 Å². The average molecular weight is 545 g/mol. The fourth-order valence-corrected chi connectivity index (χ4v) is 6.05. The third-order valence-electron chi connectivity index (χ3n) is 6.86. The van der Waals surface area contributed by atoms with Crippen LogP contribution in [0.2, 0.25) is 0 Å². The summed E-state index contributed by atoms with van der Waals surface area (Å²) >= 11 is 0. The van der Waals surface area contributed by atoms with Crippen LogP contribution in [0.15, 0.2) is 71.6 Å². The summed E-state index contributed by atoms with van der Waals surface area (Å²) in [6, 6.07) is 20.6. The lowest BCUT2D eigenvalue weighted by Gasteiger charge is -2.32. The lowest BCUT2D eigenvalue weighted by Crippen LogP contribution is -2.38. The Hall–Kier alpha value is -4.16. The second kappa shape index (κ2) is 11.7. The van der Waals surface area contributed by atoms with Crippen molar-refractivity contribution in [1.29, 1.82) is 5.26 Å². The summed E-state index contributed by atoms with van der Waals surface area (Å²) in [6.07, 6.45) is 1.61. The smallest absolute Gasteiger partial charge is 0.262 e. The van der Waals surface area contributed by atoms with Gasteiger partial charge in [-0.25, -0.2) is 8.42 Å². The van der Waals surface area contributed by atoms with Crippen LogP contribution in [0.25, 0.3) is 0 Å². The second-order valence-corrected chi connectivity index (χ2v) is 11.7. The van der Waals surface area contributed by atoms with Crippen LogP contribution in [0.5, 0.6) is 0 Å². The van der Waals surface area contributed by atoms with Gasteiger partial charge < -0.3 is 10.2 Å². The molecule has 3 aromatic rings. The molecule has 4 rings (SSSR count). The Morgan fingerprint density at radius 2 is 1.67 bits per heavy atom. The minimum absolute atomic E-state index is 0.0497. The van der Waals surface area contributed by atoms with Crippen LogP contribution in [0, 0.1) is 18.3 Å². The zero-order valence-corrected chi connectivity index (χ0v) is 23.1. The van der Waals surface area contributed by atoms with E-state index in [-0.39, 0.29) is 28.1 Å². The predicted octanol–water partition coefficient (Wildman–Crippen LogP) is 4.83. The van der Waals surface area contributed by atoms with Crippen molar-refractivity contribution in [3.63, 3.8) is 0 Å². The maximum atomic E-state index is 13.4. The van der Waals surface area contributed by atoms with Gasteiger partial charge in [-0.3, -0.25) is 14.3 Å². The number of benzene rings is 3. The number of aryl methyl sites for hydroxylation is 1. The molecule has 0 spiro atoms. The van der Waals surface area contributed by atoms with E-state index in [1.54, 1.807) is 56.0 Å². The number of hydrogen-bond donors (Lipinski definition) is 2. The zero-order valence-electron chi connectivity index (χ0n) is 22.3. The van der Waals surface area contributed by atoms with Crippen molar-refractivity contribution in [2.45, 2.75) is 50.5 Å². The molecule has 3 aromatic carbocycles. The standard InChI is InChI=1S/C30H32N4O4S/c1-20(2)32-29(35)26-6-4-5-7-28(26)39(37,38)33-27-18-25(11-8-21(27)3)30(36)34-16-14-24(15-17-34)23-12-9-22(19-31)10-13-23/h4-13,18,20,24,33H,14-17H2,1-3H3,(H,32,35). The van der Waals surface area contributed by atoms with Crippen LogP contribution in [-0.2, 0) is 10.0 Å². The van der Waals surface area contributed by atoms with E-state index in [2.05, 4.69) is 16.1 Å². The highest BCUT2D eigenvalue weighted by atomic mass is 32.2. The van der Waals surface area contributed by atoms with Crippen LogP contribution in [0.1, 0.15) is 70.0 Å². The van der Waals surface area contributed by atoms with Crippen molar-refractivity contribution in [3.05, 3.63) is 94.5 Å². The Kier molecular flexibility index (Phi) is 8.36. The molecule has 1 heterocycles. The molecule has 0 radical (unpaired) electrons. The second-order valence-electron chi connectivity index (χ2n) is 10.1. The number of sulfonamides is 1. The molecular weight excluding hydrogens is 512 g/mol. The molecule has 1 aliphatic rings. The number of carbonyl (C=O) groups is 2. The quantitative estimate of drug-likeness (QED) is 0.442. The zero-order chi connectivity index (χ0) is 28.2.